The van der Waals surface area contributed by atoms with Gasteiger partial charge in [0.15, 0.2) is 0 Å². The second-order valence-corrected chi connectivity index (χ2v) is 12.1. The van der Waals surface area contributed by atoms with Gasteiger partial charge in [-0.25, -0.2) is 4.79 Å². The van der Waals surface area contributed by atoms with Crippen LogP contribution < -0.4 is 0 Å². The third kappa shape index (κ3) is 15.0. The van der Waals surface area contributed by atoms with Gasteiger partial charge >= 0.3 is 13.6 Å². The maximum atomic E-state index is 13.1. The highest BCUT2D eigenvalue weighted by atomic mass is 32.0. The Balaban J connectivity index is 3.09. The Labute approximate surface area is 228 Å². The molecule has 0 spiro atoms. The summed E-state index contributed by atoms with van der Waals surface area (Å²) in [6.45, 7) is 8.59. The molecule has 210 valence electrons. The van der Waals surface area contributed by atoms with Crippen LogP contribution in [0.1, 0.15) is 40.5 Å². The molecular weight excluding hydrogens is 552 g/mol. The normalized spacial score (nSPS) is 19.3. The van der Waals surface area contributed by atoms with E-state index >= 15 is 0 Å². The molecule has 0 N–H and O–H groups in total. The van der Waals surface area contributed by atoms with E-state index in [2.05, 4.69) is 18.4 Å². The molecule has 0 fully saturated rings. The van der Waals surface area contributed by atoms with Crippen LogP contribution >= 0.6 is 34.5 Å². The van der Waals surface area contributed by atoms with Crippen LogP contribution in [0.25, 0.3) is 0 Å². The number of carbonyl (C=O) groups is 1. The summed E-state index contributed by atoms with van der Waals surface area (Å²) < 4.78 is 46.4. The van der Waals surface area contributed by atoms with Gasteiger partial charge in [0.25, 0.3) is 0 Å². The molecule has 1 heterocycles. The SMILES string of the molecule is CCOP(=O)(COC(C[C@H](\C=C/C=C\C=C\COP)OPP)C(C)(C)/C=C/[C@H]1CC=CC(=O)O1)OCC. The Kier molecular flexibility index (Phi) is 18.2. The fourth-order valence-corrected chi connectivity index (χ4v) is 5.72. The zero-order chi connectivity index (χ0) is 27.6. The molecule has 37 heavy (non-hydrogen) atoms. The minimum Gasteiger partial charge on any atom is -0.455 e. The van der Waals surface area contributed by atoms with Crippen LogP contribution in [-0.2, 0) is 36.9 Å². The smallest absolute Gasteiger partial charge is 0.356 e. The molecule has 6 atom stereocenters. The van der Waals surface area contributed by atoms with Crippen molar-refractivity contribution >= 4 is 40.5 Å². The lowest BCUT2D eigenvalue weighted by atomic mass is 9.82. The molecule has 0 bridgehead atoms. The standard InChI is InChI=1S/C25H42O8P4/c1-5-30-37(27,31-6-2)20-28-23(25(3,4)17-16-21-14-12-15-24(26)32-21)19-22(33-36-35)13-10-8-7-9-11-18-29-34/h7-13,15-17,21-23,36H,5-6,14,18-20,34-35H2,1-4H3/b8-7-,11-9+,13-10-,17-16+/t21-,22+,23?/m1/s1. The second-order valence-electron chi connectivity index (χ2n) is 8.57. The quantitative estimate of drug-likeness (QED) is 0.0708. The molecule has 0 aromatic rings. The average Bonchev–Trinajstić information content (AvgIpc) is 2.85. The summed E-state index contributed by atoms with van der Waals surface area (Å²) in [6.07, 6.45) is 18.5. The van der Waals surface area contributed by atoms with Crippen LogP contribution in [0.4, 0.5) is 0 Å². The number of cyclic esters (lactones) is 1. The van der Waals surface area contributed by atoms with Gasteiger partial charge in [-0.3, -0.25) is 4.57 Å². The highest BCUT2D eigenvalue weighted by Crippen LogP contribution is 2.49. The number of carbonyl (C=O) groups excluding carboxylic acids is 1. The van der Waals surface area contributed by atoms with E-state index < -0.39 is 19.1 Å². The van der Waals surface area contributed by atoms with Gasteiger partial charge in [0.1, 0.15) is 12.5 Å². The van der Waals surface area contributed by atoms with Crippen LogP contribution in [0.3, 0.4) is 0 Å². The fourth-order valence-electron chi connectivity index (χ4n) is 3.36. The summed E-state index contributed by atoms with van der Waals surface area (Å²) >= 11 is 0. The maximum Gasteiger partial charge on any atom is 0.356 e. The van der Waals surface area contributed by atoms with Gasteiger partial charge in [-0.1, -0.05) is 71.4 Å². The van der Waals surface area contributed by atoms with Gasteiger partial charge < -0.3 is 27.6 Å². The lowest BCUT2D eigenvalue weighted by Crippen LogP contribution is -2.34. The highest BCUT2D eigenvalue weighted by Gasteiger charge is 2.34. The molecule has 12 heteroatoms. The lowest BCUT2D eigenvalue weighted by Gasteiger charge is -2.34. The van der Waals surface area contributed by atoms with Crippen molar-refractivity contribution in [1.82, 2.24) is 0 Å². The molecule has 0 amide bonds. The summed E-state index contributed by atoms with van der Waals surface area (Å²) in [4.78, 5) is 11.6. The first-order valence-corrected chi connectivity index (χ1v) is 17.1. The highest BCUT2D eigenvalue weighted by molar-refractivity contribution is 8.00. The summed E-state index contributed by atoms with van der Waals surface area (Å²) in [6, 6.07) is 0. The lowest BCUT2D eigenvalue weighted by molar-refractivity contribution is -0.141. The molecule has 1 aliphatic heterocycles. The zero-order valence-corrected chi connectivity index (χ0v) is 26.3. The van der Waals surface area contributed by atoms with Crippen LogP contribution in [-0.4, -0.2) is 50.4 Å². The van der Waals surface area contributed by atoms with Gasteiger partial charge in [0, 0.05) is 42.3 Å². The Morgan fingerprint density at radius 2 is 1.92 bits per heavy atom. The minimum absolute atomic E-state index is 0.181. The number of esters is 1. The third-order valence-electron chi connectivity index (χ3n) is 5.20. The summed E-state index contributed by atoms with van der Waals surface area (Å²) in [5.41, 5.74) is -0.521. The van der Waals surface area contributed by atoms with E-state index in [0.29, 0.717) is 19.4 Å². The van der Waals surface area contributed by atoms with E-state index in [1.165, 1.54) is 6.08 Å². The number of hydrogen-bond donors (Lipinski definition) is 0. The Morgan fingerprint density at radius 1 is 1.22 bits per heavy atom. The van der Waals surface area contributed by atoms with Crippen molar-refractivity contribution in [3.63, 3.8) is 0 Å². The molecule has 0 aromatic heterocycles. The molecule has 1 aliphatic rings. The first-order valence-electron chi connectivity index (χ1n) is 12.2. The fraction of sp³-hybridized carbons (Fsp3) is 0.560. The Bertz CT molecular complexity index is 844. The molecular formula is C25H42O8P4. The maximum absolute atomic E-state index is 13.1. The van der Waals surface area contributed by atoms with Crippen molar-refractivity contribution in [3.05, 3.63) is 60.8 Å². The number of allylic oxidation sites excluding steroid dienone is 4. The van der Waals surface area contributed by atoms with E-state index in [-0.39, 0.29) is 46.2 Å². The predicted octanol–water partition coefficient (Wildman–Crippen LogP) is 6.68. The van der Waals surface area contributed by atoms with Crippen LogP contribution in [0.5, 0.6) is 0 Å². The van der Waals surface area contributed by atoms with Crippen LogP contribution in [0.15, 0.2) is 60.8 Å². The molecule has 8 nitrogen and oxygen atoms in total. The summed E-state index contributed by atoms with van der Waals surface area (Å²) in [5.74, 6) is -0.357. The van der Waals surface area contributed by atoms with Gasteiger partial charge in [0.2, 0.25) is 0 Å². The third-order valence-corrected chi connectivity index (χ3v) is 8.01. The molecule has 4 unspecified atom stereocenters. The monoisotopic (exact) mass is 594 g/mol. The van der Waals surface area contributed by atoms with E-state index in [1.807, 2.05) is 62.5 Å². The van der Waals surface area contributed by atoms with Crippen molar-refractivity contribution in [2.45, 2.75) is 58.8 Å². The van der Waals surface area contributed by atoms with Gasteiger partial charge in [0.05, 0.1) is 32.0 Å². The molecule has 0 saturated heterocycles. The Hall–Kier alpha value is -0.510. The van der Waals surface area contributed by atoms with E-state index in [9.17, 15) is 9.36 Å². The van der Waals surface area contributed by atoms with Gasteiger partial charge in [-0.05, 0) is 19.9 Å². The van der Waals surface area contributed by atoms with Gasteiger partial charge in [-0.15, -0.1) is 0 Å². The van der Waals surface area contributed by atoms with E-state index in [0.717, 1.165) is 0 Å². The van der Waals surface area contributed by atoms with Crippen molar-refractivity contribution in [1.29, 1.82) is 0 Å². The van der Waals surface area contributed by atoms with E-state index in [4.69, 9.17) is 27.6 Å². The van der Waals surface area contributed by atoms with Crippen molar-refractivity contribution < 1.29 is 36.9 Å². The topological polar surface area (TPSA) is 89.5 Å². The average molecular weight is 594 g/mol. The first kappa shape index (κ1) is 34.5. The molecule has 0 radical (unpaired) electrons. The summed E-state index contributed by atoms with van der Waals surface area (Å²) in [7, 11) is 1.58. The van der Waals surface area contributed by atoms with Gasteiger partial charge in [-0.2, -0.15) is 0 Å². The minimum atomic E-state index is -3.41. The number of ether oxygens (including phenoxy) is 2. The second kappa shape index (κ2) is 19.5. The van der Waals surface area contributed by atoms with E-state index in [1.54, 1.807) is 19.9 Å². The number of rotatable bonds is 19. The molecule has 1 rings (SSSR count). The van der Waals surface area contributed by atoms with Crippen molar-refractivity contribution in [3.8, 4) is 0 Å². The first-order chi connectivity index (χ1) is 17.7. The Morgan fingerprint density at radius 3 is 2.54 bits per heavy atom. The molecule has 0 aliphatic carbocycles. The van der Waals surface area contributed by atoms with Crippen molar-refractivity contribution in [2.24, 2.45) is 5.41 Å². The van der Waals surface area contributed by atoms with Crippen LogP contribution in [0.2, 0.25) is 0 Å². The largest absolute Gasteiger partial charge is 0.455 e. The zero-order valence-electron chi connectivity index (χ0n) is 22.1. The molecule has 0 saturated carbocycles. The predicted molar refractivity (Wildman–Crippen MR) is 158 cm³/mol. The van der Waals surface area contributed by atoms with Crippen LogP contribution in [0, 0.1) is 5.41 Å². The molecule has 0 aromatic carbocycles. The summed E-state index contributed by atoms with van der Waals surface area (Å²) in [5, 5.41) is 0. The number of hydrogen-bond acceptors (Lipinski definition) is 8. The van der Waals surface area contributed by atoms with Crippen molar-refractivity contribution in [2.75, 3.05) is 26.2 Å².